The largest absolute Gasteiger partial charge is 0.457 e. The monoisotopic (exact) mass is 546 g/mol. The molecule has 1 fully saturated rings. The first kappa shape index (κ1) is 26.7. The lowest BCUT2D eigenvalue weighted by Gasteiger charge is -2.37. The van der Waals surface area contributed by atoms with Crippen LogP contribution in [0.2, 0.25) is 0 Å². The summed E-state index contributed by atoms with van der Waals surface area (Å²) in [6.45, 7) is 4.70. The average Bonchev–Trinajstić information content (AvgIpc) is 3.42. The summed E-state index contributed by atoms with van der Waals surface area (Å²) in [5.41, 5.74) is 3.62. The van der Waals surface area contributed by atoms with Crippen LogP contribution in [0, 0.1) is 18.7 Å². The Balaban J connectivity index is 1.45. The summed E-state index contributed by atoms with van der Waals surface area (Å²) in [6, 6.07) is 11.6. The fourth-order valence-corrected chi connectivity index (χ4v) is 5.80. The van der Waals surface area contributed by atoms with Gasteiger partial charge in [0.05, 0.1) is 23.8 Å². The van der Waals surface area contributed by atoms with Gasteiger partial charge in [-0.15, -0.1) is 11.3 Å². The highest BCUT2D eigenvalue weighted by Crippen LogP contribution is 2.40. The molecule has 10 heteroatoms. The van der Waals surface area contributed by atoms with Gasteiger partial charge in [0.2, 0.25) is 0 Å². The van der Waals surface area contributed by atoms with E-state index in [-0.39, 0.29) is 11.7 Å². The molecule has 8 nitrogen and oxygen atoms in total. The highest BCUT2D eigenvalue weighted by molar-refractivity contribution is 7.13. The summed E-state index contributed by atoms with van der Waals surface area (Å²) in [5, 5.41) is 13.2. The number of rotatable bonds is 8. The van der Waals surface area contributed by atoms with Crippen LogP contribution in [-0.4, -0.2) is 59.7 Å². The molecule has 202 valence electrons. The van der Waals surface area contributed by atoms with E-state index in [9.17, 15) is 9.18 Å². The molecule has 39 heavy (non-hydrogen) atoms. The maximum absolute atomic E-state index is 13.8. The Bertz CT molecular complexity index is 1440. The number of hydrogen-bond acceptors (Lipinski definition) is 8. The molecule has 5 rings (SSSR count). The number of aromatic nitrogens is 3. The first-order valence-electron chi connectivity index (χ1n) is 12.9. The van der Waals surface area contributed by atoms with Gasteiger partial charge in [-0.2, -0.15) is 10.2 Å². The number of thiazole rings is 1. The number of carbonyl (C=O) groups is 1. The van der Waals surface area contributed by atoms with Crippen molar-refractivity contribution in [2.75, 3.05) is 43.9 Å². The van der Waals surface area contributed by atoms with Crippen LogP contribution in [0.15, 0.2) is 60.2 Å². The summed E-state index contributed by atoms with van der Waals surface area (Å²) in [5.74, 6) is 0.886. The summed E-state index contributed by atoms with van der Waals surface area (Å²) in [7, 11) is 4.18. The number of piperidine rings is 1. The van der Waals surface area contributed by atoms with Crippen molar-refractivity contribution in [3.63, 3.8) is 0 Å². The lowest BCUT2D eigenvalue weighted by Crippen LogP contribution is -2.40. The SMILES string of the molecule is Cc1c(Oc2cccc(F)c2)ccc(NC(=O)c2csc(-c3ccnnc3)n2)c1N1CCC[C@@H](CN(C)C)C1. The Morgan fingerprint density at radius 2 is 2.10 bits per heavy atom. The molecule has 0 unspecified atom stereocenters. The van der Waals surface area contributed by atoms with Crippen molar-refractivity contribution in [3.8, 4) is 22.1 Å². The second kappa shape index (κ2) is 11.9. The van der Waals surface area contributed by atoms with Crippen LogP contribution in [-0.2, 0) is 0 Å². The average molecular weight is 547 g/mol. The normalized spacial score (nSPS) is 15.4. The summed E-state index contributed by atoms with van der Waals surface area (Å²) in [4.78, 5) is 22.4. The van der Waals surface area contributed by atoms with Gasteiger partial charge in [0.25, 0.3) is 5.91 Å². The van der Waals surface area contributed by atoms with E-state index in [1.54, 1.807) is 29.9 Å². The van der Waals surface area contributed by atoms with Crippen LogP contribution < -0.4 is 15.0 Å². The first-order valence-corrected chi connectivity index (χ1v) is 13.8. The van der Waals surface area contributed by atoms with Crippen LogP contribution in [0.5, 0.6) is 11.5 Å². The fraction of sp³-hybridized carbons (Fsp3) is 0.310. The van der Waals surface area contributed by atoms with E-state index in [1.165, 1.54) is 23.5 Å². The molecule has 1 aliphatic rings. The van der Waals surface area contributed by atoms with Gasteiger partial charge in [-0.1, -0.05) is 6.07 Å². The number of amides is 1. The number of hydrogen-bond donors (Lipinski definition) is 1. The van der Waals surface area contributed by atoms with E-state index in [2.05, 4.69) is 44.4 Å². The van der Waals surface area contributed by atoms with Crippen molar-refractivity contribution in [1.82, 2.24) is 20.1 Å². The third kappa shape index (κ3) is 6.40. The second-order valence-corrected chi connectivity index (χ2v) is 10.8. The van der Waals surface area contributed by atoms with Crippen molar-refractivity contribution < 1.29 is 13.9 Å². The number of carbonyl (C=O) groups excluding carboxylic acids is 1. The Morgan fingerprint density at radius 1 is 1.23 bits per heavy atom. The number of benzene rings is 2. The number of halogens is 1. The minimum absolute atomic E-state index is 0.291. The maximum Gasteiger partial charge on any atom is 0.275 e. The van der Waals surface area contributed by atoms with Crippen LogP contribution in [0.1, 0.15) is 28.9 Å². The third-order valence-electron chi connectivity index (χ3n) is 6.68. The van der Waals surface area contributed by atoms with E-state index in [4.69, 9.17) is 4.74 Å². The zero-order valence-electron chi connectivity index (χ0n) is 22.2. The molecule has 1 atom stereocenters. The topological polar surface area (TPSA) is 83.5 Å². The van der Waals surface area contributed by atoms with Gasteiger partial charge >= 0.3 is 0 Å². The maximum atomic E-state index is 13.8. The number of nitrogens with zero attached hydrogens (tertiary/aromatic N) is 5. The number of ether oxygens (including phenoxy) is 1. The third-order valence-corrected chi connectivity index (χ3v) is 7.57. The van der Waals surface area contributed by atoms with Crippen LogP contribution in [0.3, 0.4) is 0 Å². The highest BCUT2D eigenvalue weighted by Gasteiger charge is 2.26. The van der Waals surface area contributed by atoms with Crippen molar-refractivity contribution in [2.45, 2.75) is 19.8 Å². The molecular formula is C29H31FN6O2S. The van der Waals surface area contributed by atoms with Gasteiger partial charge in [-0.3, -0.25) is 4.79 Å². The molecule has 2 aromatic heterocycles. The molecule has 1 aliphatic heterocycles. The predicted molar refractivity (Wildman–Crippen MR) is 152 cm³/mol. The summed E-state index contributed by atoms with van der Waals surface area (Å²) < 4.78 is 19.9. The molecule has 0 bridgehead atoms. The van der Waals surface area contributed by atoms with Crippen LogP contribution >= 0.6 is 11.3 Å². The van der Waals surface area contributed by atoms with E-state index in [0.717, 1.165) is 49.3 Å². The molecule has 4 aromatic rings. The Hall–Kier alpha value is -3.89. The molecule has 0 radical (unpaired) electrons. The van der Waals surface area contributed by atoms with Crippen molar-refractivity contribution >= 4 is 28.6 Å². The first-order chi connectivity index (χ1) is 18.9. The predicted octanol–water partition coefficient (Wildman–Crippen LogP) is 5.87. The highest BCUT2D eigenvalue weighted by atomic mass is 32.1. The molecule has 1 amide bonds. The van der Waals surface area contributed by atoms with E-state index in [0.29, 0.717) is 33.8 Å². The van der Waals surface area contributed by atoms with Crippen molar-refractivity contribution in [1.29, 1.82) is 0 Å². The van der Waals surface area contributed by atoms with Crippen LogP contribution in [0.4, 0.5) is 15.8 Å². The Morgan fingerprint density at radius 3 is 2.87 bits per heavy atom. The molecule has 0 spiro atoms. The molecular weight excluding hydrogens is 515 g/mol. The fourth-order valence-electron chi connectivity index (χ4n) is 5.01. The lowest BCUT2D eigenvalue weighted by molar-refractivity contribution is 0.102. The van der Waals surface area contributed by atoms with Crippen molar-refractivity contribution in [3.05, 3.63) is 77.3 Å². The molecule has 3 heterocycles. The zero-order valence-corrected chi connectivity index (χ0v) is 23.0. The standard InChI is InChI=1S/C29H31FN6O2S/c1-19-26(38-23-8-4-7-22(30)14-23)10-9-24(27(19)36-13-5-6-20(17-36)16-35(2)3)33-28(37)25-18-39-29(34-25)21-11-12-31-32-15-21/h4,7-12,14-15,18,20H,5-6,13,16-17H2,1-3H3,(H,33,37)/t20-/m0/s1. The van der Waals surface area contributed by atoms with Gasteiger partial charge in [-0.25, -0.2) is 9.37 Å². The Kier molecular flexibility index (Phi) is 8.13. The number of nitrogens with one attached hydrogen (secondary N) is 1. The molecule has 0 aliphatic carbocycles. The second-order valence-electron chi connectivity index (χ2n) is 9.98. The number of anilines is 2. The van der Waals surface area contributed by atoms with E-state index >= 15 is 0 Å². The van der Waals surface area contributed by atoms with Gasteiger partial charge < -0.3 is 19.9 Å². The van der Waals surface area contributed by atoms with Gasteiger partial charge in [0.1, 0.15) is 28.0 Å². The lowest BCUT2D eigenvalue weighted by atomic mass is 9.96. The van der Waals surface area contributed by atoms with Gasteiger partial charge in [0, 0.05) is 42.2 Å². The molecule has 1 saturated heterocycles. The minimum atomic E-state index is -0.359. The Labute approximate surface area is 231 Å². The van der Waals surface area contributed by atoms with E-state index in [1.807, 2.05) is 25.1 Å². The molecule has 0 saturated carbocycles. The van der Waals surface area contributed by atoms with Crippen LogP contribution in [0.25, 0.3) is 10.6 Å². The van der Waals surface area contributed by atoms with E-state index < -0.39 is 0 Å². The smallest absolute Gasteiger partial charge is 0.275 e. The summed E-state index contributed by atoms with van der Waals surface area (Å²) in [6.07, 6.45) is 5.43. The van der Waals surface area contributed by atoms with Crippen molar-refractivity contribution in [2.24, 2.45) is 5.92 Å². The summed E-state index contributed by atoms with van der Waals surface area (Å²) >= 11 is 1.38. The zero-order chi connectivity index (χ0) is 27.4. The molecule has 2 aromatic carbocycles. The minimum Gasteiger partial charge on any atom is -0.457 e. The quantitative estimate of drug-likeness (QED) is 0.296. The van der Waals surface area contributed by atoms with Gasteiger partial charge in [0.15, 0.2) is 0 Å². The van der Waals surface area contributed by atoms with Gasteiger partial charge in [-0.05, 0) is 70.1 Å². The molecule has 1 N–H and O–H groups in total.